The lowest BCUT2D eigenvalue weighted by Crippen LogP contribution is -2.33. The molecule has 0 aromatic rings. The third-order valence-electron chi connectivity index (χ3n) is 1.88. The van der Waals surface area contributed by atoms with Crippen molar-refractivity contribution in [1.29, 1.82) is 0 Å². The van der Waals surface area contributed by atoms with Crippen LogP contribution >= 0.6 is 11.8 Å². The molecule has 0 aliphatic rings. The Morgan fingerprint density at radius 1 is 1.44 bits per heavy atom. The molecule has 16 heavy (non-hydrogen) atoms. The molecule has 6 heteroatoms. The monoisotopic (exact) mass is 248 g/mol. The molecule has 0 rings (SSSR count). The van der Waals surface area contributed by atoms with Crippen LogP contribution in [0.4, 0.5) is 0 Å². The van der Waals surface area contributed by atoms with Gasteiger partial charge in [0.05, 0.1) is 0 Å². The number of nitrogens with two attached hydrogens (primary N) is 1. The molecule has 0 radical (unpaired) electrons. The average Bonchev–Trinajstić information content (AvgIpc) is 2.20. The van der Waals surface area contributed by atoms with E-state index in [1.807, 2.05) is 0 Å². The Labute approximate surface area is 100 Å². The van der Waals surface area contributed by atoms with Gasteiger partial charge in [-0.2, -0.15) is 11.8 Å². The van der Waals surface area contributed by atoms with Gasteiger partial charge >= 0.3 is 5.97 Å². The van der Waals surface area contributed by atoms with Crippen molar-refractivity contribution in [2.75, 3.05) is 12.3 Å². The first-order chi connectivity index (χ1) is 7.43. The van der Waals surface area contributed by atoms with Crippen LogP contribution in [-0.4, -0.2) is 40.6 Å². The van der Waals surface area contributed by atoms with Gasteiger partial charge < -0.3 is 16.2 Å². The van der Waals surface area contributed by atoms with Gasteiger partial charge in [-0.05, 0) is 11.7 Å². The number of hydrogen-bond donors (Lipinski definition) is 3. The number of amides is 1. The average molecular weight is 248 g/mol. The van der Waals surface area contributed by atoms with E-state index < -0.39 is 12.0 Å². The lowest BCUT2D eigenvalue weighted by molar-refractivity contribution is -0.138. The maximum atomic E-state index is 11.2. The van der Waals surface area contributed by atoms with Crippen LogP contribution < -0.4 is 11.1 Å². The van der Waals surface area contributed by atoms with Crippen molar-refractivity contribution in [1.82, 2.24) is 5.32 Å². The number of carboxylic acid groups (broad SMARTS) is 1. The molecular weight excluding hydrogens is 228 g/mol. The van der Waals surface area contributed by atoms with E-state index in [-0.39, 0.29) is 18.7 Å². The van der Waals surface area contributed by atoms with Gasteiger partial charge in [-0.1, -0.05) is 13.8 Å². The molecule has 0 saturated heterocycles. The van der Waals surface area contributed by atoms with Gasteiger partial charge in [-0.25, -0.2) is 0 Å². The van der Waals surface area contributed by atoms with Crippen LogP contribution in [0, 0.1) is 0 Å². The fourth-order valence-corrected chi connectivity index (χ4v) is 1.67. The van der Waals surface area contributed by atoms with Crippen LogP contribution in [0.25, 0.3) is 0 Å². The van der Waals surface area contributed by atoms with Crippen LogP contribution in [0.15, 0.2) is 0 Å². The lowest BCUT2D eigenvalue weighted by atomic mass is 10.1. The molecule has 0 fully saturated rings. The summed E-state index contributed by atoms with van der Waals surface area (Å²) < 4.78 is 0. The lowest BCUT2D eigenvalue weighted by Gasteiger charge is -2.08. The summed E-state index contributed by atoms with van der Waals surface area (Å²) in [6.07, 6.45) is 0.346. The number of nitrogens with one attached hydrogen (secondary N) is 1. The maximum Gasteiger partial charge on any atom is 0.320 e. The Balaban J connectivity index is 3.48. The third-order valence-corrected chi connectivity index (χ3v) is 2.98. The van der Waals surface area contributed by atoms with E-state index in [4.69, 9.17) is 10.8 Å². The number of rotatable bonds is 8. The van der Waals surface area contributed by atoms with E-state index >= 15 is 0 Å². The maximum absolute atomic E-state index is 11.2. The van der Waals surface area contributed by atoms with Crippen LogP contribution in [0.3, 0.4) is 0 Å². The van der Waals surface area contributed by atoms with Crippen molar-refractivity contribution in [3.63, 3.8) is 0 Å². The highest BCUT2D eigenvalue weighted by atomic mass is 32.2. The summed E-state index contributed by atoms with van der Waals surface area (Å²) in [6, 6.07) is -0.948. The summed E-state index contributed by atoms with van der Waals surface area (Å²) in [5.41, 5.74) is 5.28. The first kappa shape index (κ1) is 15.2. The zero-order valence-corrected chi connectivity index (χ0v) is 10.5. The molecule has 0 aromatic heterocycles. The Kier molecular flexibility index (Phi) is 8.01. The largest absolute Gasteiger partial charge is 0.480 e. The normalized spacial score (nSPS) is 12.5. The van der Waals surface area contributed by atoms with E-state index in [0.717, 1.165) is 5.75 Å². The van der Waals surface area contributed by atoms with Crippen LogP contribution in [-0.2, 0) is 9.59 Å². The highest BCUT2D eigenvalue weighted by molar-refractivity contribution is 7.99. The molecule has 1 amide bonds. The number of carboxylic acids is 1. The first-order valence-electron chi connectivity index (χ1n) is 5.30. The van der Waals surface area contributed by atoms with Crippen molar-refractivity contribution in [2.24, 2.45) is 5.73 Å². The fraction of sp³-hybridized carbons (Fsp3) is 0.800. The summed E-state index contributed by atoms with van der Waals surface area (Å²) in [6.45, 7) is 4.81. The van der Waals surface area contributed by atoms with E-state index in [0.29, 0.717) is 11.8 Å². The molecule has 4 N–H and O–H groups in total. The second kappa shape index (κ2) is 8.41. The first-order valence-corrected chi connectivity index (χ1v) is 6.35. The molecule has 1 unspecified atom stereocenters. The standard InChI is InChI=1S/C10H20N2O3S/c1-7(2)16-6-5-12-9(13)4-3-8(11)10(14)15/h7-8H,3-6,11H2,1-2H3,(H,12,13)(H,14,15). The van der Waals surface area contributed by atoms with Gasteiger partial charge in [0.15, 0.2) is 0 Å². The van der Waals surface area contributed by atoms with Gasteiger partial charge in [0.2, 0.25) is 5.91 Å². The molecule has 0 spiro atoms. The minimum Gasteiger partial charge on any atom is -0.480 e. The van der Waals surface area contributed by atoms with E-state index in [2.05, 4.69) is 19.2 Å². The zero-order chi connectivity index (χ0) is 12.6. The topological polar surface area (TPSA) is 92.4 Å². The number of carbonyl (C=O) groups is 2. The Morgan fingerprint density at radius 2 is 2.06 bits per heavy atom. The van der Waals surface area contributed by atoms with Gasteiger partial charge in [0, 0.05) is 18.7 Å². The summed E-state index contributed by atoms with van der Waals surface area (Å²) >= 11 is 1.77. The predicted molar refractivity (Wildman–Crippen MR) is 65.4 cm³/mol. The van der Waals surface area contributed by atoms with Crippen molar-refractivity contribution in [3.05, 3.63) is 0 Å². The minimum atomic E-state index is -1.07. The Hall–Kier alpha value is -0.750. The smallest absolute Gasteiger partial charge is 0.320 e. The summed E-state index contributed by atoms with van der Waals surface area (Å²) in [7, 11) is 0. The summed E-state index contributed by atoms with van der Waals surface area (Å²) in [4.78, 5) is 21.6. The van der Waals surface area contributed by atoms with Crippen molar-refractivity contribution < 1.29 is 14.7 Å². The molecule has 1 atom stereocenters. The highest BCUT2D eigenvalue weighted by Gasteiger charge is 2.12. The Bertz CT molecular complexity index is 234. The van der Waals surface area contributed by atoms with Crippen LogP contribution in [0.5, 0.6) is 0 Å². The fourth-order valence-electron chi connectivity index (χ4n) is 0.984. The van der Waals surface area contributed by atoms with E-state index in [9.17, 15) is 9.59 Å². The second-order valence-corrected chi connectivity index (χ2v) is 5.44. The molecule has 0 aliphatic carbocycles. The summed E-state index contributed by atoms with van der Waals surface area (Å²) in [5, 5.41) is 11.8. The second-order valence-electron chi connectivity index (χ2n) is 3.75. The molecule has 0 bridgehead atoms. The predicted octanol–water partition coefficient (Wildman–Crippen LogP) is 0.436. The van der Waals surface area contributed by atoms with Gasteiger partial charge in [-0.15, -0.1) is 0 Å². The number of hydrogen-bond acceptors (Lipinski definition) is 4. The molecule has 0 aromatic carbocycles. The van der Waals surface area contributed by atoms with Crippen molar-refractivity contribution in [2.45, 2.75) is 38.0 Å². The van der Waals surface area contributed by atoms with Gasteiger partial charge in [0.25, 0.3) is 0 Å². The number of aliphatic carboxylic acids is 1. The van der Waals surface area contributed by atoms with Crippen LogP contribution in [0.2, 0.25) is 0 Å². The minimum absolute atomic E-state index is 0.138. The molecule has 0 saturated carbocycles. The Morgan fingerprint density at radius 3 is 2.56 bits per heavy atom. The molecule has 0 aliphatic heterocycles. The van der Waals surface area contributed by atoms with Gasteiger partial charge in [0.1, 0.15) is 6.04 Å². The molecule has 5 nitrogen and oxygen atoms in total. The number of carbonyl (C=O) groups excluding carboxylic acids is 1. The summed E-state index contributed by atoms with van der Waals surface area (Å²) in [5.74, 6) is -0.335. The zero-order valence-electron chi connectivity index (χ0n) is 9.73. The highest BCUT2D eigenvalue weighted by Crippen LogP contribution is 2.06. The van der Waals surface area contributed by atoms with E-state index in [1.54, 1.807) is 11.8 Å². The van der Waals surface area contributed by atoms with Crippen molar-refractivity contribution in [3.8, 4) is 0 Å². The van der Waals surface area contributed by atoms with Crippen molar-refractivity contribution >= 4 is 23.6 Å². The molecule has 94 valence electrons. The third kappa shape index (κ3) is 8.55. The van der Waals surface area contributed by atoms with E-state index in [1.165, 1.54) is 0 Å². The van der Waals surface area contributed by atoms with Gasteiger partial charge in [-0.3, -0.25) is 9.59 Å². The molecular formula is C10H20N2O3S. The molecule has 0 heterocycles. The SMILES string of the molecule is CC(C)SCCNC(=O)CCC(N)C(=O)O. The van der Waals surface area contributed by atoms with Crippen LogP contribution in [0.1, 0.15) is 26.7 Å². The quantitative estimate of drug-likeness (QED) is 0.542. The number of thioether (sulfide) groups is 1.